The fraction of sp³-hybridized carbons (Fsp3) is 0.389. The lowest BCUT2D eigenvalue weighted by atomic mass is 10.3. The van der Waals surface area contributed by atoms with Crippen LogP contribution in [-0.4, -0.2) is 49.8 Å². The summed E-state index contributed by atoms with van der Waals surface area (Å²) in [6.07, 6.45) is 2.04. The Balaban J connectivity index is 0.00000312. The van der Waals surface area contributed by atoms with Crippen LogP contribution >= 0.6 is 24.0 Å². The van der Waals surface area contributed by atoms with E-state index < -0.39 is 0 Å². The van der Waals surface area contributed by atoms with Gasteiger partial charge in [0.25, 0.3) is 0 Å². The maximum absolute atomic E-state index is 5.73. The van der Waals surface area contributed by atoms with E-state index in [1.165, 1.54) is 5.69 Å². The second kappa shape index (κ2) is 10.9. The molecule has 6 nitrogen and oxygen atoms in total. The number of aromatic nitrogens is 1. The van der Waals surface area contributed by atoms with Crippen molar-refractivity contribution in [2.75, 3.05) is 34.4 Å². The quantitative estimate of drug-likeness (QED) is 0.300. The van der Waals surface area contributed by atoms with E-state index in [1.54, 1.807) is 14.2 Å². The zero-order chi connectivity index (χ0) is 17.4. The molecular formula is C18H27IN4O2. The third kappa shape index (κ3) is 6.49. The third-order valence-electron chi connectivity index (χ3n) is 3.72. The monoisotopic (exact) mass is 458 g/mol. The van der Waals surface area contributed by atoms with E-state index in [9.17, 15) is 0 Å². The van der Waals surface area contributed by atoms with Crippen molar-refractivity contribution in [3.63, 3.8) is 0 Å². The molecule has 0 aliphatic rings. The van der Waals surface area contributed by atoms with Crippen molar-refractivity contribution in [2.24, 2.45) is 12.0 Å². The first kappa shape index (κ1) is 21.1. The molecule has 0 unspecified atom stereocenters. The van der Waals surface area contributed by atoms with E-state index in [1.807, 2.05) is 50.6 Å². The first-order chi connectivity index (χ1) is 11.6. The first-order valence-electron chi connectivity index (χ1n) is 7.93. The van der Waals surface area contributed by atoms with Gasteiger partial charge in [0.15, 0.2) is 5.96 Å². The van der Waals surface area contributed by atoms with Crippen LogP contribution in [0.1, 0.15) is 5.69 Å². The Morgan fingerprint density at radius 1 is 1.24 bits per heavy atom. The van der Waals surface area contributed by atoms with Gasteiger partial charge in [0, 0.05) is 39.1 Å². The molecular weight excluding hydrogens is 431 g/mol. The summed E-state index contributed by atoms with van der Waals surface area (Å²) in [5.74, 6) is 2.42. The third-order valence-corrected chi connectivity index (χ3v) is 3.72. The van der Waals surface area contributed by atoms with Crippen LogP contribution < -0.4 is 14.8 Å². The first-order valence-corrected chi connectivity index (χ1v) is 7.93. The zero-order valence-corrected chi connectivity index (χ0v) is 17.6. The highest BCUT2D eigenvalue weighted by Crippen LogP contribution is 2.18. The fourth-order valence-electron chi connectivity index (χ4n) is 2.39. The van der Waals surface area contributed by atoms with Gasteiger partial charge in [0.2, 0.25) is 0 Å². The van der Waals surface area contributed by atoms with E-state index in [4.69, 9.17) is 9.47 Å². The number of halogens is 1. The highest BCUT2D eigenvalue weighted by Gasteiger charge is 2.08. The minimum absolute atomic E-state index is 0. The molecule has 0 saturated carbocycles. The summed E-state index contributed by atoms with van der Waals surface area (Å²) in [5.41, 5.74) is 1.23. The Labute approximate surface area is 166 Å². The molecule has 7 heteroatoms. The molecule has 0 saturated heterocycles. The van der Waals surface area contributed by atoms with Gasteiger partial charge in [0.1, 0.15) is 18.1 Å². The number of aliphatic imine (C=N–C) groups is 1. The Kier molecular flexibility index (Phi) is 9.18. The molecule has 1 heterocycles. The molecule has 0 atom stereocenters. The lowest BCUT2D eigenvalue weighted by Gasteiger charge is -2.22. The van der Waals surface area contributed by atoms with Crippen LogP contribution in [0.2, 0.25) is 0 Å². The standard InChI is InChI=1S/C18H26N4O2.HI/c1-19-18(22(3)14-15-7-6-11-21(15)2)20-10-12-24-17-9-5-8-16(13-17)23-4;/h5-9,11,13H,10,12,14H2,1-4H3,(H,19,20);1H. The number of benzene rings is 1. The molecule has 0 spiro atoms. The summed E-state index contributed by atoms with van der Waals surface area (Å²) in [6, 6.07) is 11.7. The molecule has 0 fully saturated rings. The van der Waals surface area contributed by atoms with Crippen LogP contribution in [0.5, 0.6) is 11.5 Å². The number of guanidine groups is 1. The number of aryl methyl sites for hydroxylation is 1. The van der Waals surface area contributed by atoms with Crippen LogP contribution in [0.25, 0.3) is 0 Å². The highest BCUT2D eigenvalue weighted by atomic mass is 127. The van der Waals surface area contributed by atoms with Crippen LogP contribution in [0.3, 0.4) is 0 Å². The maximum Gasteiger partial charge on any atom is 0.193 e. The molecule has 1 aromatic carbocycles. The summed E-state index contributed by atoms with van der Waals surface area (Å²) >= 11 is 0. The number of ether oxygens (including phenoxy) is 2. The number of hydrogen-bond donors (Lipinski definition) is 1. The van der Waals surface area contributed by atoms with E-state index in [-0.39, 0.29) is 24.0 Å². The minimum atomic E-state index is 0. The zero-order valence-electron chi connectivity index (χ0n) is 15.2. The predicted molar refractivity (Wildman–Crippen MR) is 112 cm³/mol. The van der Waals surface area contributed by atoms with Crippen molar-refractivity contribution < 1.29 is 9.47 Å². The molecule has 25 heavy (non-hydrogen) atoms. The molecule has 138 valence electrons. The second-order valence-corrected chi connectivity index (χ2v) is 5.47. The smallest absolute Gasteiger partial charge is 0.193 e. The van der Waals surface area contributed by atoms with Gasteiger partial charge in [-0.1, -0.05) is 6.07 Å². The predicted octanol–water partition coefficient (Wildman–Crippen LogP) is 2.74. The molecule has 0 aliphatic heterocycles. The van der Waals surface area contributed by atoms with Gasteiger partial charge in [-0.15, -0.1) is 24.0 Å². The maximum atomic E-state index is 5.73. The van der Waals surface area contributed by atoms with Crippen LogP contribution in [0.4, 0.5) is 0 Å². The van der Waals surface area contributed by atoms with Crippen molar-refractivity contribution in [1.82, 2.24) is 14.8 Å². The van der Waals surface area contributed by atoms with Crippen molar-refractivity contribution in [3.8, 4) is 11.5 Å². The van der Waals surface area contributed by atoms with Crippen molar-refractivity contribution in [3.05, 3.63) is 48.3 Å². The van der Waals surface area contributed by atoms with E-state index in [0.717, 1.165) is 24.0 Å². The number of rotatable bonds is 7. The molecule has 2 rings (SSSR count). The van der Waals surface area contributed by atoms with Gasteiger partial charge in [0.05, 0.1) is 20.2 Å². The van der Waals surface area contributed by atoms with Gasteiger partial charge >= 0.3 is 0 Å². The SMILES string of the molecule is CN=C(NCCOc1cccc(OC)c1)N(C)Cc1cccn1C.I. The Morgan fingerprint density at radius 3 is 2.64 bits per heavy atom. The second-order valence-electron chi connectivity index (χ2n) is 5.47. The molecule has 1 aromatic heterocycles. The Morgan fingerprint density at radius 2 is 2.00 bits per heavy atom. The molecule has 0 bridgehead atoms. The van der Waals surface area contributed by atoms with Gasteiger partial charge in [-0.25, -0.2) is 0 Å². The van der Waals surface area contributed by atoms with Crippen molar-refractivity contribution in [2.45, 2.75) is 6.54 Å². The summed E-state index contributed by atoms with van der Waals surface area (Å²) in [7, 11) is 7.49. The number of hydrogen-bond acceptors (Lipinski definition) is 3. The largest absolute Gasteiger partial charge is 0.497 e. The topological polar surface area (TPSA) is 51.0 Å². The Bertz CT molecular complexity index is 673. The van der Waals surface area contributed by atoms with E-state index >= 15 is 0 Å². The summed E-state index contributed by atoms with van der Waals surface area (Å²) < 4.78 is 13.0. The summed E-state index contributed by atoms with van der Waals surface area (Å²) in [5, 5.41) is 3.31. The molecule has 0 amide bonds. The number of nitrogens with one attached hydrogen (secondary N) is 1. The number of methoxy groups -OCH3 is 1. The molecule has 1 N–H and O–H groups in total. The van der Waals surface area contributed by atoms with E-state index in [2.05, 4.69) is 25.8 Å². The lowest BCUT2D eigenvalue weighted by Crippen LogP contribution is -2.40. The van der Waals surface area contributed by atoms with Gasteiger partial charge < -0.3 is 24.3 Å². The number of nitrogens with zero attached hydrogens (tertiary/aromatic N) is 3. The highest BCUT2D eigenvalue weighted by molar-refractivity contribution is 14.0. The molecule has 0 aliphatic carbocycles. The van der Waals surface area contributed by atoms with Crippen molar-refractivity contribution >= 4 is 29.9 Å². The van der Waals surface area contributed by atoms with Crippen LogP contribution in [0.15, 0.2) is 47.6 Å². The normalized spacial score (nSPS) is 10.8. The van der Waals surface area contributed by atoms with Crippen LogP contribution in [-0.2, 0) is 13.6 Å². The van der Waals surface area contributed by atoms with Gasteiger partial charge in [-0.2, -0.15) is 0 Å². The van der Waals surface area contributed by atoms with Gasteiger partial charge in [-0.3, -0.25) is 4.99 Å². The minimum Gasteiger partial charge on any atom is -0.497 e. The average Bonchev–Trinajstić information content (AvgIpc) is 3.00. The van der Waals surface area contributed by atoms with Crippen molar-refractivity contribution in [1.29, 1.82) is 0 Å². The molecule has 0 radical (unpaired) electrons. The molecule has 2 aromatic rings. The summed E-state index contributed by atoms with van der Waals surface area (Å²) in [6.45, 7) is 2.01. The average molecular weight is 458 g/mol. The summed E-state index contributed by atoms with van der Waals surface area (Å²) in [4.78, 5) is 6.40. The van der Waals surface area contributed by atoms with Gasteiger partial charge in [-0.05, 0) is 24.3 Å². The van der Waals surface area contributed by atoms with Crippen LogP contribution in [0, 0.1) is 0 Å². The fourth-order valence-corrected chi connectivity index (χ4v) is 2.39. The lowest BCUT2D eigenvalue weighted by molar-refractivity contribution is 0.316. The van der Waals surface area contributed by atoms with E-state index in [0.29, 0.717) is 13.2 Å². The Hall–Kier alpha value is -1.90.